The Hall–Kier alpha value is -3.35. The number of aliphatic carboxylic acids is 1. The number of carboxylic acid groups (broad SMARTS) is 1. The molecule has 1 aliphatic heterocycles. The molecule has 146 valence electrons. The standard InChI is InChI=1S/C21H22N2O5/c22-17-12-15-16(21(27)23(20(15)26)10-9-19(24)25)13-18(17)28-11-5-4-8-14-6-2-1-3-7-14/h1-3,6-7,12-13H,4-5,8-11,22H2,(H,24,25). The fourth-order valence-electron chi connectivity index (χ4n) is 3.13. The van der Waals surface area contributed by atoms with E-state index in [-0.39, 0.29) is 29.8 Å². The van der Waals surface area contributed by atoms with Gasteiger partial charge in [-0.1, -0.05) is 30.3 Å². The number of anilines is 1. The van der Waals surface area contributed by atoms with Crippen molar-refractivity contribution in [1.82, 2.24) is 4.90 Å². The van der Waals surface area contributed by atoms with Gasteiger partial charge in [0.2, 0.25) is 0 Å². The van der Waals surface area contributed by atoms with Crippen molar-refractivity contribution in [1.29, 1.82) is 0 Å². The number of hydrogen-bond acceptors (Lipinski definition) is 5. The molecule has 3 rings (SSSR count). The van der Waals surface area contributed by atoms with E-state index in [9.17, 15) is 14.4 Å². The van der Waals surface area contributed by atoms with E-state index >= 15 is 0 Å². The molecule has 28 heavy (non-hydrogen) atoms. The van der Waals surface area contributed by atoms with Crippen LogP contribution in [0.1, 0.15) is 45.5 Å². The van der Waals surface area contributed by atoms with Crippen LogP contribution in [-0.2, 0) is 11.2 Å². The lowest BCUT2D eigenvalue weighted by molar-refractivity contribution is -0.137. The van der Waals surface area contributed by atoms with Crippen LogP contribution >= 0.6 is 0 Å². The smallest absolute Gasteiger partial charge is 0.305 e. The number of ether oxygens (including phenoxy) is 1. The Balaban J connectivity index is 1.58. The van der Waals surface area contributed by atoms with Crippen LogP contribution in [0, 0.1) is 0 Å². The maximum absolute atomic E-state index is 12.4. The Kier molecular flexibility index (Phi) is 5.93. The molecule has 7 heteroatoms. The highest BCUT2D eigenvalue weighted by Gasteiger charge is 2.36. The van der Waals surface area contributed by atoms with Gasteiger partial charge < -0.3 is 15.6 Å². The molecule has 0 radical (unpaired) electrons. The number of carboxylic acids is 1. The Bertz CT molecular complexity index is 895. The normalized spacial score (nSPS) is 12.9. The minimum atomic E-state index is -1.07. The van der Waals surface area contributed by atoms with Gasteiger partial charge in [-0.3, -0.25) is 19.3 Å². The second kappa shape index (κ2) is 8.56. The van der Waals surface area contributed by atoms with Gasteiger partial charge in [-0.05, 0) is 37.0 Å². The predicted molar refractivity (Wildman–Crippen MR) is 103 cm³/mol. The van der Waals surface area contributed by atoms with Crippen LogP contribution in [0.4, 0.5) is 5.69 Å². The number of fused-ring (bicyclic) bond motifs is 1. The molecule has 0 bridgehead atoms. The average molecular weight is 382 g/mol. The largest absolute Gasteiger partial charge is 0.491 e. The Labute approximate surface area is 162 Å². The lowest BCUT2D eigenvalue weighted by Crippen LogP contribution is -2.31. The number of nitrogens with zero attached hydrogens (tertiary/aromatic N) is 1. The quantitative estimate of drug-likeness (QED) is 0.392. The summed E-state index contributed by atoms with van der Waals surface area (Å²) in [5, 5.41) is 8.78. The first-order chi connectivity index (χ1) is 13.5. The van der Waals surface area contributed by atoms with Crippen molar-refractivity contribution in [2.75, 3.05) is 18.9 Å². The van der Waals surface area contributed by atoms with E-state index in [1.165, 1.54) is 17.7 Å². The molecule has 3 N–H and O–H groups in total. The van der Waals surface area contributed by atoms with Crippen LogP contribution in [0.3, 0.4) is 0 Å². The average Bonchev–Trinajstić information content (AvgIpc) is 2.90. The lowest BCUT2D eigenvalue weighted by atomic mass is 10.1. The van der Waals surface area contributed by atoms with Crippen LogP contribution in [0.5, 0.6) is 5.75 Å². The number of carbonyl (C=O) groups excluding carboxylic acids is 2. The third-order valence-corrected chi connectivity index (χ3v) is 4.61. The molecule has 0 aliphatic carbocycles. The van der Waals surface area contributed by atoms with Crippen molar-refractivity contribution >= 4 is 23.5 Å². The second-order valence-electron chi connectivity index (χ2n) is 6.63. The van der Waals surface area contributed by atoms with E-state index < -0.39 is 17.8 Å². The summed E-state index contributed by atoms with van der Waals surface area (Å²) in [4.78, 5) is 36.4. The maximum Gasteiger partial charge on any atom is 0.305 e. The number of nitrogen functional groups attached to an aromatic ring is 1. The summed E-state index contributed by atoms with van der Waals surface area (Å²) in [7, 11) is 0. The number of hydrogen-bond donors (Lipinski definition) is 2. The van der Waals surface area contributed by atoms with E-state index in [2.05, 4.69) is 12.1 Å². The molecule has 2 aromatic carbocycles. The van der Waals surface area contributed by atoms with E-state index in [1.54, 1.807) is 0 Å². The molecule has 0 aromatic heterocycles. The van der Waals surface area contributed by atoms with E-state index in [4.69, 9.17) is 15.6 Å². The number of amides is 2. The third-order valence-electron chi connectivity index (χ3n) is 4.61. The van der Waals surface area contributed by atoms with Crippen molar-refractivity contribution in [3.8, 4) is 5.75 Å². The van der Waals surface area contributed by atoms with Crippen LogP contribution in [0.2, 0.25) is 0 Å². The van der Waals surface area contributed by atoms with Crippen LogP contribution in [0.15, 0.2) is 42.5 Å². The number of carbonyl (C=O) groups is 3. The zero-order chi connectivity index (χ0) is 20.1. The maximum atomic E-state index is 12.4. The molecule has 0 spiro atoms. The van der Waals surface area contributed by atoms with Gasteiger partial charge in [-0.15, -0.1) is 0 Å². The number of rotatable bonds is 9. The number of benzene rings is 2. The van der Waals surface area contributed by atoms with E-state index in [0.29, 0.717) is 12.4 Å². The van der Waals surface area contributed by atoms with Gasteiger partial charge in [0.15, 0.2) is 0 Å². The van der Waals surface area contributed by atoms with Gasteiger partial charge in [0.25, 0.3) is 11.8 Å². The SMILES string of the molecule is Nc1cc2c(cc1OCCCCc1ccccc1)C(=O)N(CCC(=O)O)C2=O. The van der Waals surface area contributed by atoms with Crippen molar-refractivity contribution in [2.45, 2.75) is 25.7 Å². The number of unbranched alkanes of at least 4 members (excludes halogenated alkanes) is 1. The molecule has 1 aliphatic rings. The summed E-state index contributed by atoms with van der Waals surface area (Å²) in [6.45, 7) is 0.276. The second-order valence-corrected chi connectivity index (χ2v) is 6.63. The molecule has 2 aromatic rings. The predicted octanol–water partition coefficient (Wildman–Crippen LogP) is 2.74. The summed E-state index contributed by atoms with van der Waals surface area (Å²) in [6, 6.07) is 13.1. The van der Waals surface area contributed by atoms with Crippen molar-refractivity contribution in [3.63, 3.8) is 0 Å². The zero-order valence-electron chi connectivity index (χ0n) is 15.4. The first-order valence-electron chi connectivity index (χ1n) is 9.15. The number of nitrogens with two attached hydrogens (primary N) is 1. The van der Waals surface area contributed by atoms with Crippen molar-refractivity contribution < 1.29 is 24.2 Å². The molecule has 2 amide bonds. The Morgan fingerprint density at radius 2 is 1.71 bits per heavy atom. The molecular weight excluding hydrogens is 360 g/mol. The molecule has 0 atom stereocenters. The molecule has 0 saturated heterocycles. The molecule has 7 nitrogen and oxygen atoms in total. The van der Waals surface area contributed by atoms with Gasteiger partial charge >= 0.3 is 5.97 Å². The fourth-order valence-corrected chi connectivity index (χ4v) is 3.13. The molecule has 0 unspecified atom stereocenters. The molecule has 1 heterocycles. The first-order valence-corrected chi connectivity index (χ1v) is 9.15. The summed E-state index contributed by atoms with van der Waals surface area (Å²) >= 11 is 0. The third kappa shape index (κ3) is 4.31. The minimum absolute atomic E-state index is 0.169. The van der Waals surface area contributed by atoms with Crippen molar-refractivity contribution in [2.24, 2.45) is 0 Å². The summed E-state index contributed by atoms with van der Waals surface area (Å²) in [5.41, 5.74) is 7.91. The molecular formula is C21H22N2O5. The summed E-state index contributed by atoms with van der Waals surface area (Å²) in [6.07, 6.45) is 2.43. The highest BCUT2D eigenvalue weighted by Crippen LogP contribution is 2.32. The Morgan fingerprint density at radius 3 is 2.39 bits per heavy atom. The van der Waals surface area contributed by atoms with E-state index in [1.807, 2.05) is 18.2 Å². The van der Waals surface area contributed by atoms with Gasteiger partial charge in [-0.2, -0.15) is 0 Å². The van der Waals surface area contributed by atoms with Gasteiger partial charge in [0.05, 0.1) is 29.8 Å². The first kappa shape index (κ1) is 19.4. The lowest BCUT2D eigenvalue weighted by Gasteiger charge is -2.11. The highest BCUT2D eigenvalue weighted by molar-refractivity contribution is 6.22. The fraction of sp³-hybridized carbons (Fsp3) is 0.286. The minimum Gasteiger partial charge on any atom is -0.491 e. The van der Waals surface area contributed by atoms with Crippen LogP contribution in [0.25, 0.3) is 0 Å². The molecule has 0 saturated carbocycles. The van der Waals surface area contributed by atoms with Gasteiger partial charge in [-0.25, -0.2) is 0 Å². The summed E-state index contributed by atoms with van der Waals surface area (Å²) < 4.78 is 5.72. The van der Waals surface area contributed by atoms with Crippen LogP contribution in [-0.4, -0.2) is 40.9 Å². The number of aryl methyl sites for hydroxylation is 1. The van der Waals surface area contributed by atoms with E-state index in [0.717, 1.165) is 24.2 Å². The van der Waals surface area contributed by atoms with Gasteiger partial charge in [0.1, 0.15) is 5.75 Å². The van der Waals surface area contributed by atoms with Gasteiger partial charge in [0, 0.05) is 6.54 Å². The summed E-state index contributed by atoms with van der Waals surface area (Å²) in [5.74, 6) is -1.76. The molecule has 0 fully saturated rings. The zero-order valence-corrected chi connectivity index (χ0v) is 15.4. The number of imide groups is 1. The van der Waals surface area contributed by atoms with Crippen molar-refractivity contribution in [3.05, 3.63) is 59.2 Å². The monoisotopic (exact) mass is 382 g/mol. The topological polar surface area (TPSA) is 110 Å². The Morgan fingerprint density at radius 1 is 1.04 bits per heavy atom. The van der Waals surface area contributed by atoms with Crippen LogP contribution < -0.4 is 10.5 Å². The highest BCUT2D eigenvalue weighted by atomic mass is 16.5.